The molecule has 3 N–H and O–H groups in total. The van der Waals surface area contributed by atoms with Crippen molar-refractivity contribution < 1.29 is 14.4 Å². The normalized spacial score (nSPS) is 10.3. The van der Waals surface area contributed by atoms with Crippen LogP contribution < -0.4 is 16.0 Å². The van der Waals surface area contributed by atoms with E-state index in [2.05, 4.69) is 16.0 Å². The molecule has 0 saturated heterocycles. The van der Waals surface area contributed by atoms with Crippen LogP contribution in [0.25, 0.3) is 0 Å². The molecule has 7 nitrogen and oxygen atoms in total. The lowest BCUT2D eigenvalue weighted by Crippen LogP contribution is -2.22. The van der Waals surface area contributed by atoms with Gasteiger partial charge in [0.1, 0.15) is 0 Å². The minimum atomic E-state index is -0.183. The average molecular weight is 459 g/mol. The standard InChI is InChI=1S/C27H30N4O3/c1-19-5-4-6-21(17-19)27(34)30-24-14-12-23(13-15-24)29-25(32)18-28-22-10-7-20(8-11-22)9-16-26(33)31(2)3/h4-8,10-15,17,28H,9,16,18H2,1-3H3,(H,29,32)(H,30,34). The maximum Gasteiger partial charge on any atom is 0.255 e. The van der Waals surface area contributed by atoms with Crippen molar-refractivity contribution in [1.29, 1.82) is 0 Å². The number of hydrogen-bond acceptors (Lipinski definition) is 4. The van der Waals surface area contributed by atoms with Gasteiger partial charge in [0.25, 0.3) is 5.91 Å². The van der Waals surface area contributed by atoms with Crippen molar-refractivity contribution in [3.05, 3.63) is 89.5 Å². The number of benzene rings is 3. The van der Waals surface area contributed by atoms with Crippen molar-refractivity contribution in [3.8, 4) is 0 Å². The van der Waals surface area contributed by atoms with E-state index in [1.165, 1.54) is 0 Å². The quantitative estimate of drug-likeness (QED) is 0.445. The number of amides is 3. The third-order valence-corrected chi connectivity index (χ3v) is 5.24. The molecule has 0 aliphatic heterocycles. The van der Waals surface area contributed by atoms with Crippen LogP contribution in [-0.2, 0) is 16.0 Å². The van der Waals surface area contributed by atoms with Crippen LogP contribution in [0.1, 0.15) is 27.9 Å². The molecule has 7 heteroatoms. The van der Waals surface area contributed by atoms with Gasteiger partial charge in [0.2, 0.25) is 11.8 Å². The Labute approximate surface area is 200 Å². The third kappa shape index (κ3) is 7.48. The molecular weight excluding hydrogens is 428 g/mol. The number of carbonyl (C=O) groups is 3. The SMILES string of the molecule is Cc1cccc(C(=O)Nc2ccc(NC(=O)CNc3ccc(CCC(=O)N(C)C)cc3)cc2)c1. The summed E-state index contributed by atoms with van der Waals surface area (Å²) in [5.41, 5.74) is 4.80. The lowest BCUT2D eigenvalue weighted by atomic mass is 10.1. The fourth-order valence-electron chi connectivity index (χ4n) is 3.28. The molecule has 0 spiro atoms. The van der Waals surface area contributed by atoms with Crippen molar-refractivity contribution in [3.63, 3.8) is 0 Å². The van der Waals surface area contributed by atoms with E-state index < -0.39 is 0 Å². The highest BCUT2D eigenvalue weighted by molar-refractivity contribution is 6.04. The van der Waals surface area contributed by atoms with E-state index in [0.29, 0.717) is 29.8 Å². The number of nitrogens with zero attached hydrogens (tertiary/aromatic N) is 1. The Morgan fingerprint density at radius 2 is 1.41 bits per heavy atom. The highest BCUT2D eigenvalue weighted by atomic mass is 16.2. The summed E-state index contributed by atoms with van der Waals surface area (Å²) < 4.78 is 0. The number of nitrogens with one attached hydrogen (secondary N) is 3. The number of rotatable bonds is 9. The summed E-state index contributed by atoms with van der Waals surface area (Å²) in [6.45, 7) is 2.05. The zero-order valence-corrected chi connectivity index (χ0v) is 19.7. The highest BCUT2D eigenvalue weighted by Crippen LogP contribution is 2.16. The molecule has 0 aromatic heterocycles. The van der Waals surface area contributed by atoms with Gasteiger partial charge in [-0.3, -0.25) is 14.4 Å². The molecule has 3 rings (SSSR count). The lowest BCUT2D eigenvalue weighted by molar-refractivity contribution is -0.128. The van der Waals surface area contributed by atoms with Gasteiger partial charge in [0.05, 0.1) is 6.54 Å². The first-order chi connectivity index (χ1) is 16.3. The first kappa shape index (κ1) is 24.5. The maximum absolute atomic E-state index is 12.4. The fraction of sp³-hybridized carbons (Fsp3) is 0.222. The molecule has 176 valence electrons. The van der Waals surface area contributed by atoms with Crippen LogP contribution in [0.5, 0.6) is 0 Å². The molecule has 0 aliphatic rings. The monoisotopic (exact) mass is 458 g/mol. The molecule has 3 aromatic carbocycles. The van der Waals surface area contributed by atoms with E-state index >= 15 is 0 Å². The van der Waals surface area contributed by atoms with E-state index in [4.69, 9.17) is 0 Å². The van der Waals surface area contributed by atoms with Crippen molar-refractivity contribution in [2.75, 3.05) is 36.6 Å². The minimum absolute atomic E-state index is 0.0977. The smallest absolute Gasteiger partial charge is 0.255 e. The molecule has 0 saturated carbocycles. The van der Waals surface area contributed by atoms with Gasteiger partial charge in [-0.15, -0.1) is 0 Å². The molecule has 34 heavy (non-hydrogen) atoms. The van der Waals surface area contributed by atoms with Gasteiger partial charge in [-0.05, 0) is 67.4 Å². The van der Waals surface area contributed by atoms with Crippen LogP contribution in [-0.4, -0.2) is 43.3 Å². The van der Waals surface area contributed by atoms with Crippen molar-refractivity contribution in [2.45, 2.75) is 19.8 Å². The van der Waals surface area contributed by atoms with Crippen LogP contribution >= 0.6 is 0 Å². The first-order valence-electron chi connectivity index (χ1n) is 11.1. The van der Waals surface area contributed by atoms with Crippen LogP contribution in [0.15, 0.2) is 72.8 Å². The number of anilines is 3. The number of aryl methyl sites for hydroxylation is 2. The largest absolute Gasteiger partial charge is 0.376 e. The van der Waals surface area contributed by atoms with Crippen molar-refractivity contribution in [2.24, 2.45) is 0 Å². The summed E-state index contributed by atoms with van der Waals surface area (Å²) in [7, 11) is 3.50. The molecule has 0 heterocycles. The van der Waals surface area contributed by atoms with Crippen LogP contribution in [0.4, 0.5) is 17.1 Å². The van der Waals surface area contributed by atoms with Crippen molar-refractivity contribution in [1.82, 2.24) is 4.90 Å². The molecule has 0 aliphatic carbocycles. The van der Waals surface area contributed by atoms with Gasteiger partial charge in [0.15, 0.2) is 0 Å². The molecule has 0 bridgehead atoms. The van der Waals surface area contributed by atoms with E-state index in [1.54, 1.807) is 49.3 Å². The van der Waals surface area contributed by atoms with E-state index in [9.17, 15) is 14.4 Å². The summed E-state index contributed by atoms with van der Waals surface area (Å²) in [6, 6.07) is 22.1. The van der Waals surface area contributed by atoms with E-state index in [1.807, 2.05) is 49.4 Å². The van der Waals surface area contributed by atoms with Crippen molar-refractivity contribution >= 4 is 34.8 Å². The summed E-state index contributed by atoms with van der Waals surface area (Å²) >= 11 is 0. The Bertz CT molecular complexity index is 1140. The zero-order chi connectivity index (χ0) is 24.5. The van der Waals surface area contributed by atoms with E-state index in [0.717, 1.165) is 16.8 Å². The minimum Gasteiger partial charge on any atom is -0.376 e. The summed E-state index contributed by atoms with van der Waals surface area (Å²) in [6.07, 6.45) is 1.15. The number of hydrogen-bond donors (Lipinski definition) is 3. The maximum atomic E-state index is 12.4. The Balaban J connectivity index is 1.44. The molecule has 0 fully saturated rings. The van der Waals surface area contributed by atoms with Crippen LogP contribution in [0.2, 0.25) is 0 Å². The Kier molecular flexibility index (Phi) is 8.40. The summed E-state index contributed by atoms with van der Waals surface area (Å²) in [5, 5.41) is 8.77. The van der Waals surface area contributed by atoms with Gasteiger partial charge in [-0.2, -0.15) is 0 Å². The zero-order valence-electron chi connectivity index (χ0n) is 19.7. The predicted octanol–water partition coefficient (Wildman–Crippen LogP) is 4.32. The first-order valence-corrected chi connectivity index (χ1v) is 11.1. The predicted molar refractivity (Wildman–Crippen MR) is 136 cm³/mol. The molecule has 3 aromatic rings. The van der Waals surface area contributed by atoms with Gasteiger partial charge in [-0.25, -0.2) is 0 Å². The Morgan fingerprint density at radius 1 is 0.794 bits per heavy atom. The average Bonchev–Trinajstić information content (AvgIpc) is 2.83. The molecule has 0 unspecified atom stereocenters. The third-order valence-electron chi connectivity index (χ3n) is 5.24. The topological polar surface area (TPSA) is 90.5 Å². The summed E-state index contributed by atoms with van der Waals surface area (Å²) in [5.74, 6) is -0.266. The Hall–Kier alpha value is -4.13. The van der Waals surface area contributed by atoms with Gasteiger partial charge >= 0.3 is 0 Å². The molecule has 0 atom stereocenters. The second-order valence-electron chi connectivity index (χ2n) is 8.29. The molecule has 3 amide bonds. The number of carbonyl (C=O) groups excluding carboxylic acids is 3. The molecule has 0 radical (unpaired) electrons. The fourth-order valence-corrected chi connectivity index (χ4v) is 3.28. The Morgan fingerprint density at radius 3 is 2.03 bits per heavy atom. The molecular formula is C27H30N4O3. The van der Waals surface area contributed by atoms with Gasteiger partial charge in [-0.1, -0.05) is 29.8 Å². The van der Waals surface area contributed by atoms with Gasteiger partial charge < -0.3 is 20.9 Å². The summed E-state index contributed by atoms with van der Waals surface area (Å²) in [4.78, 5) is 37.9. The van der Waals surface area contributed by atoms with E-state index in [-0.39, 0.29) is 24.3 Å². The second kappa shape index (κ2) is 11.7. The van der Waals surface area contributed by atoms with Gasteiger partial charge in [0, 0.05) is 43.1 Å². The van der Waals surface area contributed by atoms with Crippen LogP contribution in [0.3, 0.4) is 0 Å². The second-order valence-corrected chi connectivity index (χ2v) is 8.29. The lowest BCUT2D eigenvalue weighted by Gasteiger charge is -2.11. The highest BCUT2D eigenvalue weighted by Gasteiger charge is 2.08. The van der Waals surface area contributed by atoms with Crippen LogP contribution in [0, 0.1) is 6.92 Å².